The smallest absolute Gasteiger partial charge is 0.130 e. The Hall–Kier alpha value is -1.67. The molecule has 0 saturated heterocycles. The minimum atomic E-state index is 0.696. The van der Waals surface area contributed by atoms with E-state index in [0.717, 1.165) is 22.7 Å². The van der Waals surface area contributed by atoms with E-state index in [0.29, 0.717) is 5.02 Å². The molecule has 0 saturated carbocycles. The molecule has 0 unspecified atom stereocenters. The van der Waals surface area contributed by atoms with Crippen molar-refractivity contribution in [2.45, 2.75) is 6.92 Å². The lowest BCUT2D eigenvalue weighted by molar-refractivity contribution is 0.479. The van der Waals surface area contributed by atoms with E-state index < -0.39 is 0 Å². The molecule has 0 aliphatic rings. The van der Waals surface area contributed by atoms with E-state index in [2.05, 4.69) is 0 Å². The van der Waals surface area contributed by atoms with Gasteiger partial charge in [-0.1, -0.05) is 11.6 Å². The van der Waals surface area contributed by atoms with Gasteiger partial charge in [-0.2, -0.15) is 0 Å². The van der Waals surface area contributed by atoms with Gasteiger partial charge in [-0.25, -0.2) is 0 Å². The minimum Gasteiger partial charge on any atom is -0.457 e. The van der Waals surface area contributed by atoms with Gasteiger partial charge in [0.15, 0.2) is 0 Å². The van der Waals surface area contributed by atoms with Crippen LogP contribution >= 0.6 is 11.6 Å². The predicted molar refractivity (Wildman–Crippen MR) is 67.1 cm³/mol. The quantitative estimate of drug-likeness (QED) is 0.795. The van der Waals surface area contributed by atoms with Crippen LogP contribution in [-0.4, -0.2) is 0 Å². The summed E-state index contributed by atoms with van der Waals surface area (Å²) in [6, 6.07) is 12.8. The fourth-order valence-corrected chi connectivity index (χ4v) is 1.54. The van der Waals surface area contributed by atoms with Gasteiger partial charge >= 0.3 is 0 Å². The van der Waals surface area contributed by atoms with Gasteiger partial charge in [-0.3, -0.25) is 0 Å². The molecule has 2 nitrogen and oxygen atoms in total. The Morgan fingerprint density at radius 1 is 1.06 bits per heavy atom. The van der Waals surface area contributed by atoms with Crippen LogP contribution in [0.15, 0.2) is 42.5 Å². The number of nitrogen functional groups attached to an aromatic ring is 1. The van der Waals surface area contributed by atoms with Crippen molar-refractivity contribution in [1.29, 1.82) is 0 Å². The first kappa shape index (κ1) is 10.8. The third-order valence-corrected chi connectivity index (χ3v) is 2.49. The Balaban J connectivity index is 2.23. The molecule has 0 fully saturated rings. The number of hydrogen-bond donors (Lipinski definition) is 1. The normalized spacial score (nSPS) is 10.1. The predicted octanol–water partition coefficient (Wildman–Crippen LogP) is 4.02. The summed E-state index contributed by atoms with van der Waals surface area (Å²) in [6.45, 7) is 1.96. The van der Waals surface area contributed by atoms with Crippen LogP contribution in [0.1, 0.15) is 5.56 Å². The zero-order chi connectivity index (χ0) is 11.5. The first-order chi connectivity index (χ1) is 7.65. The summed E-state index contributed by atoms with van der Waals surface area (Å²) in [5.74, 6) is 1.56. The average Bonchev–Trinajstić information content (AvgIpc) is 2.25. The number of halogens is 1. The van der Waals surface area contributed by atoms with Crippen molar-refractivity contribution in [2.75, 3.05) is 5.73 Å². The number of benzene rings is 2. The first-order valence-electron chi connectivity index (χ1n) is 4.95. The number of anilines is 1. The van der Waals surface area contributed by atoms with Gasteiger partial charge in [-0.05, 0) is 55.0 Å². The Morgan fingerprint density at radius 3 is 2.38 bits per heavy atom. The van der Waals surface area contributed by atoms with Gasteiger partial charge in [0.25, 0.3) is 0 Å². The summed E-state index contributed by atoms with van der Waals surface area (Å²) in [5, 5.41) is 0.696. The van der Waals surface area contributed by atoms with Crippen molar-refractivity contribution < 1.29 is 4.74 Å². The lowest BCUT2D eigenvalue weighted by Gasteiger charge is -2.09. The van der Waals surface area contributed by atoms with Crippen molar-refractivity contribution in [3.63, 3.8) is 0 Å². The molecule has 16 heavy (non-hydrogen) atoms. The van der Waals surface area contributed by atoms with E-state index in [9.17, 15) is 0 Å². The maximum atomic E-state index is 5.79. The topological polar surface area (TPSA) is 35.2 Å². The maximum absolute atomic E-state index is 5.79. The van der Waals surface area contributed by atoms with E-state index in [1.165, 1.54) is 0 Å². The summed E-state index contributed by atoms with van der Waals surface area (Å²) in [6.07, 6.45) is 0. The highest BCUT2D eigenvalue weighted by Crippen LogP contribution is 2.27. The molecule has 2 aromatic carbocycles. The van der Waals surface area contributed by atoms with Gasteiger partial charge in [0, 0.05) is 10.7 Å². The SMILES string of the molecule is Cc1cc(N)ccc1Oc1ccc(Cl)cc1. The molecule has 3 heteroatoms. The number of aryl methyl sites for hydroxylation is 1. The monoisotopic (exact) mass is 233 g/mol. The molecular formula is C13H12ClNO. The highest BCUT2D eigenvalue weighted by molar-refractivity contribution is 6.30. The number of rotatable bonds is 2. The average molecular weight is 234 g/mol. The fourth-order valence-electron chi connectivity index (χ4n) is 1.42. The third kappa shape index (κ3) is 2.47. The molecule has 0 aromatic heterocycles. The Bertz CT molecular complexity index is 494. The molecule has 2 N–H and O–H groups in total. The van der Waals surface area contributed by atoms with Gasteiger partial charge in [0.05, 0.1) is 0 Å². The summed E-state index contributed by atoms with van der Waals surface area (Å²) in [4.78, 5) is 0. The van der Waals surface area contributed by atoms with E-state index in [-0.39, 0.29) is 0 Å². The second-order valence-corrected chi connectivity index (χ2v) is 4.02. The largest absolute Gasteiger partial charge is 0.457 e. The Kier molecular flexibility index (Phi) is 3.02. The number of ether oxygens (including phenoxy) is 1. The molecule has 0 amide bonds. The van der Waals surface area contributed by atoms with Crippen molar-refractivity contribution >= 4 is 17.3 Å². The Labute approximate surface area is 99.6 Å². The lowest BCUT2D eigenvalue weighted by Crippen LogP contribution is -1.90. The van der Waals surface area contributed by atoms with Crippen molar-refractivity contribution in [1.82, 2.24) is 0 Å². The van der Waals surface area contributed by atoms with Gasteiger partial charge in [0.2, 0.25) is 0 Å². The molecule has 0 bridgehead atoms. The summed E-state index contributed by atoms with van der Waals surface area (Å²) in [5.41, 5.74) is 7.41. The maximum Gasteiger partial charge on any atom is 0.130 e. The third-order valence-electron chi connectivity index (χ3n) is 2.24. The zero-order valence-electron chi connectivity index (χ0n) is 8.91. The zero-order valence-corrected chi connectivity index (χ0v) is 9.66. The van der Waals surface area contributed by atoms with Crippen molar-refractivity contribution in [2.24, 2.45) is 0 Å². The molecule has 0 radical (unpaired) electrons. The standard InChI is InChI=1S/C13H12ClNO/c1-9-8-11(15)4-7-13(9)16-12-5-2-10(14)3-6-12/h2-8H,15H2,1H3. The first-order valence-corrected chi connectivity index (χ1v) is 5.32. The molecule has 2 rings (SSSR count). The number of hydrogen-bond acceptors (Lipinski definition) is 2. The Morgan fingerprint density at radius 2 is 1.75 bits per heavy atom. The second-order valence-electron chi connectivity index (χ2n) is 3.58. The fraction of sp³-hybridized carbons (Fsp3) is 0.0769. The van der Waals surface area contributed by atoms with E-state index in [1.54, 1.807) is 12.1 Å². The van der Waals surface area contributed by atoms with Crippen LogP contribution in [0.4, 0.5) is 5.69 Å². The lowest BCUT2D eigenvalue weighted by atomic mass is 10.2. The summed E-state index contributed by atoms with van der Waals surface area (Å²) in [7, 11) is 0. The second kappa shape index (κ2) is 4.45. The molecule has 2 aromatic rings. The van der Waals surface area contributed by atoms with Crippen LogP contribution < -0.4 is 10.5 Å². The van der Waals surface area contributed by atoms with Crippen LogP contribution in [-0.2, 0) is 0 Å². The van der Waals surface area contributed by atoms with E-state index in [1.807, 2.05) is 37.3 Å². The number of nitrogens with two attached hydrogens (primary N) is 1. The molecule has 0 spiro atoms. The molecule has 0 heterocycles. The van der Waals surface area contributed by atoms with E-state index >= 15 is 0 Å². The van der Waals surface area contributed by atoms with Crippen LogP contribution in [0.5, 0.6) is 11.5 Å². The van der Waals surface area contributed by atoms with Crippen LogP contribution in [0.25, 0.3) is 0 Å². The van der Waals surface area contributed by atoms with Crippen LogP contribution in [0, 0.1) is 6.92 Å². The summed E-state index contributed by atoms with van der Waals surface area (Å²) >= 11 is 5.79. The van der Waals surface area contributed by atoms with Crippen molar-refractivity contribution in [3.8, 4) is 11.5 Å². The minimum absolute atomic E-state index is 0.696. The molecular weight excluding hydrogens is 222 g/mol. The molecule has 0 atom stereocenters. The van der Waals surface area contributed by atoms with E-state index in [4.69, 9.17) is 22.1 Å². The van der Waals surface area contributed by atoms with Gasteiger partial charge in [-0.15, -0.1) is 0 Å². The molecule has 82 valence electrons. The summed E-state index contributed by atoms with van der Waals surface area (Å²) < 4.78 is 5.70. The van der Waals surface area contributed by atoms with Crippen LogP contribution in [0.3, 0.4) is 0 Å². The van der Waals surface area contributed by atoms with Crippen LogP contribution in [0.2, 0.25) is 5.02 Å². The van der Waals surface area contributed by atoms with Crippen molar-refractivity contribution in [3.05, 3.63) is 53.1 Å². The highest BCUT2D eigenvalue weighted by atomic mass is 35.5. The highest BCUT2D eigenvalue weighted by Gasteiger charge is 2.01. The van der Waals surface area contributed by atoms with Gasteiger partial charge in [0.1, 0.15) is 11.5 Å². The van der Waals surface area contributed by atoms with Gasteiger partial charge < -0.3 is 10.5 Å². The molecule has 0 aliphatic carbocycles. The molecule has 0 aliphatic heterocycles.